The third-order valence-corrected chi connectivity index (χ3v) is 2.63. The smallest absolute Gasteiger partial charge is 0.350 e. The summed E-state index contributed by atoms with van der Waals surface area (Å²) in [7, 11) is 5.34. The number of esters is 2. The fraction of sp³-hybridized carbons (Fsp3) is 0.800. The predicted octanol–water partition coefficient (Wildman–Crippen LogP) is -0.870. The lowest BCUT2D eigenvalue weighted by molar-refractivity contribution is -0.221. The molecule has 0 spiro atoms. The average molecular weight is 248 g/mol. The van der Waals surface area contributed by atoms with Crippen LogP contribution in [0.2, 0.25) is 0 Å². The van der Waals surface area contributed by atoms with Gasteiger partial charge in [-0.3, -0.25) is 0 Å². The van der Waals surface area contributed by atoms with Crippen molar-refractivity contribution in [3.05, 3.63) is 0 Å². The van der Waals surface area contributed by atoms with Crippen molar-refractivity contribution in [2.75, 3.05) is 28.4 Å². The maximum absolute atomic E-state index is 11.6. The molecular weight excluding hydrogens is 232 g/mol. The maximum Gasteiger partial charge on any atom is 0.350 e. The lowest BCUT2D eigenvalue weighted by Crippen LogP contribution is -2.60. The number of carbonyl (C=O) groups excluding carboxylic acids is 2. The Hall–Kier alpha value is -1.18. The second kappa shape index (κ2) is 5.95. The molecule has 0 unspecified atom stereocenters. The maximum atomic E-state index is 11.6. The van der Waals surface area contributed by atoms with Crippen molar-refractivity contribution in [3.8, 4) is 0 Å². The van der Waals surface area contributed by atoms with Crippen LogP contribution in [0.3, 0.4) is 0 Å². The van der Waals surface area contributed by atoms with E-state index in [1.807, 2.05) is 0 Å². The largest absolute Gasteiger partial charge is 0.466 e. The van der Waals surface area contributed by atoms with Gasteiger partial charge in [-0.2, -0.15) is 0 Å². The highest BCUT2D eigenvalue weighted by Gasteiger charge is 2.50. The number of hydrogen-bond donors (Lipinski definition) is 0. The molecule has 0 aromatic heterocycles. The zero-order valence-corrected chi connectivity index (χ0v) is 10.2. The molecule has 98 valence electrons. The van der Waals surface area contributed by atoms with E-state index in [0.29, 0.717) is 0 Å². The molecule has 1 saturated heterocycles. The first-order valence-electron chi connectivity index (χ1n) is 4.97. The van der Waals surface area contributed by atoms with Crippen LogP contribution < -0.4 is 0 Å². The first kappa shape index (κ1) is 13.9. The number of carbonyl (C=O) groups is 2. The molecule has 0 amide bonds. The summed E-state index contributed by atoms with van der Waals surface area (Å²) in [6, 6.07) is 0. The molecule has 7 nitrogen and oxygen atoms in total. The Kier molecular flexibility index (Phi) is 4.86. The van der Waals surface area contributed by atoms with Gasteiger partial charge in [-0.05, 0) is 0 Å². The van der Waals surface area contributed by atoms with Crippen molar-refractivity contribution in [3.63, 3.8) is 0 Å². The molecule has 0 aromatic rings. The van der Waals surface area contributed by atoms with Crippen molar-refractivity contribution >= 4 is 11.9 Å². The van der Waals surface area contributed by atoms with Gasteiger partial charge in [0.15, 0.2) is 6.10 Å². The first-order valence-corrected chi connectivity index (χ1v) is 4.97. The van der Waals surface area contributed by atoms with Gasteiger partial charge in [0.25, 0.3) is 0 Å². The second-order valence-electron chi connectivity index (χ2n) is 3.44. The Morgan fingerprint density at radius 2 is 1.65 bits per heavy atom. The van der Waals surface area contributed by atoms with E-state index in [0.717, 1.165) is 0 Å². The summed E-state index contributed by atoms with van der Waals surface area (Å²) in [6.07, 6.45) is -3.56. The van der Waals surface area contributed by atoms with Crippen LogP contribution in [0.15, 0.2) is 0 Å². The number of rotatable bonds is 4. The molecule has 0 aromatic carbocycles. The molecule has 1 aliphatic heterocycles. The molecule has 0 aliphatic carbocycles. The minimum atomic E-state index is -1.14. The van der Waals surface area contributed by atoms with E-state index in [4.69, 9.17) is 18.9 Å². The Morgan fingerprint density at radius 1 is 1.06 bits per heavy atom. The fourth-order valence-electron chi connectivity index (χ4n) is 1.78. The quantitative estimate of drug-likeness (QED) is 0.598. The third kappa shape index (κ3) is 2.56. The summed E-state index contributed by atoms with van der Waals surface area (Å²) < 4.78 is 24.7. The highest BCUT2D eigenvalue weighted by atomic mass is 16.6. The molecule has 1 rings (SSSR count). The number of cyclic esters (lactones) is 1. The van der Waals surface area contributed by atoms with E-state index >= 15 is 0 Å². The highest BCUT2D eigenvalue weighted by Crippen LogP contribution is 2.24. The van der Waals surface area contributed by atoms with Crippen molar-refractivity contribution in [1.29, 1.82) is 0 Å². The van der Waals surface area contributed by atoms with E-state index < -0.39 is 36.4 Å². The normalized spacial score (nSPS) is 33.1. The van der Waals surface area contributed by atoms with Crippen LogP contribution in [-0.4, -0.2) is 64.8 Å². The van der Waals surface area contributed by atoms with Crippen LogP contribution in [0.25, 0.3) is 0 Å². The molecule has 17 heavy (non-hydrogen) atoms. The molecule has 1 aliphatic rings. The Balaban J connectivity index is 2.96. The van der Waals surface area contributed by atoms with Gasteiger partial charge in [0, 0.05) is 21.3 Å². The van der Waals surface area contributed by atoms with Crippen molar-refractivity contribution in [2.24, 2.45) is 0 Å². The molecular formula is C10H16O7. The van der Waals surface area contributed by atoms with E-state index in [1.165, 1.54) is 28.4 Å². The van der Waals surface area contributed by atoms with Gasteiger partial charge >= 0.3 is 11.9 Å². The lowest BCUT2D eigenvalue weighted by atomic mass is 9.99. The van der Waals surface area contributed by atoms with Gasteiger partial charge in [-0.15, -0.1) is 0 Å². The number of methoxy groups -OCH3 is 4. The summed E-state index contributed by atoms with van der Waals surface area (Å²) in [5.41, 5.74) is 0. The van der Waals surface area contributed by atoms with Crippen LogP contribution in [0.5, 0.6) is 0 Å². The molecule has 0 radical (unpaired) electrons. The average Bonchev–Trinajstić information content (AvgIpc) is 2.36. The Labute approximate surface area is 98.9 Å². The van der Waals surface area contributed by atoms with Gasteiger partial charge in [0.1, 0.15) is 12.2 Å². The van der Waals surface area contributed by atoms with Crippen LogP contribution in [0.1, 0.15) is 0 Å². The van der Waals surface area contributed by atoms with Gasteiger partial charge in [0.2, 0.25) is 6.10 Å². The standard InChI is InChI=1S/C10H16O7/c1-13-5-6(14-2)8(9(11)16-4)17-10(12)7(5)15-3/h5-8H,1-4H3/t5-,6-,7+,8-/m0/s1. The van der Waals surface area contributed by atoms with Crippen LogP contribution >= 0.6 is 0 Å². The van der Waals surface area contributed by atoms with E-state index in [9.17, 15) is 9.59 Å². The van der Waals surface area contributed by atoms with Crippen LogP contribution in [-0.2, 0) is 33.3 Å². The molecule has 0 saturated carbocycles. The monoisotopic (exact) mass is 248 g/mol. The van der Waals surface area contributed by atoms with Crippen molar-refractivity contribution < 1.29 is 33.3 Å². The minimum Gasteiger partial charge on any atom is -0.466 e. The molecule has 1 heterocycles. The van der Waals surface area contributed by atoms with Gasteiger partial charge in [0.05, 0.1) is 7.11 Å². The van der Waals surface area contributed by atoms with E-state index in [1.54, 1.807) is 0 Å². The molecule has 0 N–H and O–H groups in total. The van der Waals surface area contributed by atoms with Crippen molar-refractivity contribution in [1.82, 2.24) is 0 Å². The third-order valence-electron chi connectivity index (χ3n) is 2.63. The van der Waals surface area contributed by atoms with E-state index in [-0.39, 0.29) is 0 Å². The molecule has 0 bridgehead atoms. The van der Waals surface area contributed by atoms with E-state index in [2.05, 4.69) is 4.74 Å². The summed E-state index contributed by atoms with van der Waals surface area (Å²) in [6.45, 7) is 0. The molecule has 7 heteroatoms. The second-order valence-corrected chi connectivity index (χ2v) is 3.44. The fourth-order valence-corrected chi connectivity index (χ4v) is 1.78. The Morgan fingerprint density at radius 3 is 2.06 bits per heavy atom. The van der Waals surface area contributed by atoms with Crippen LogP contribution in [0, 0.1) is 0 Å². The topological polar surface area (TPSA) is 80.3 Å². The zero-order chi connectivity index (χ0) is 13.0. The minimum absolute atomic E-state index is 0.678. The first-order chi connectivity index (χ1) is 8.10. The number of ether oxygens (including phenoxy) is 5. The van der Waals surface area contributed by atoms with Crippen LogP contribution in [0.4, 0.5) is 0 Å². The van der Waals surface area contributed by atoms with Gasteiger partial charge in [-0.25, -0.2) is 9.59 Å². The molecule has 4 atom stereocenters. The highest BCUT2D eigenvalue weighted by molar-refractivity contribution is 5.84. The SMILES string of the molecule is COC(=O)[C@H]1OC(=O)[C@H](OC)[C@@H](OC)[C@@H]1OC. The summed E-state index contributed by atoms with van der Waals surface area (Å²) >= 11 is 0. The van der Waals surface area contributed by atoms with Gasteiger partial charge < -0.3 is 23.7 Å². The molecule has 1 fully saturated rings. The van der Waals surface area contributed by atoms with Crippen molar-refractivity contribution in [2.45, 2.75) is 24.4 Å². The summed E-state index contributed by atoms with van der Waals surface area (Å²) in [4.78, 5) is 23.1. The van der Waals surface area contributed by atoms with Gasteiger partial charge in [-0.1, -0.05) is 0 Å². The zero-order valence-electron chi connectivity index (χ0n) is 10.2. The lowest BCUT2D eigenvalue weighted by Gasteiger charge is -2.37. The Bertz CT molecular complexity index is 290. The predicted molar refractivity (Wildman–Crippen MR) is 54.3 cm³/mol. The number of hydrogen-bond acceptors (Lipinski definition) is 7. The summed E-state index contributed by atoms with van der Waals surface area (Å²) in [5.74, 6) is -1.37. The summed E-state index contributed by atoms with van der Waals surface area (Å²) in [5, 5.41) is 0.